The number of rotatable bonds is 1. The van der Waals surface area contributed by atoms with E-state index in [1.807, 2.05) is 0 Å². The SMILES string of the molecule is C1=C[P]C(C2CCCC2)=C1. The van der Waals surface area contributed by atoms with E-state index in [-0.39, 0.29) is 0 Å². The second kappa shape index (κ2) is 2.88. The molecule has 1 fully saturated rings. The smallest absolute Gasteiger partial charge is 0.0151 e. The van der Waals surface area contributed by atoms with Gasteiger partial charge in [0.15, 0.2) is 0 Å². The zero-order valence-electron chi connectivity index (χ0n) is 6.09. The van der Waals surface area contributed by atoms with Gasteiger partial charge in [-0.2, -0.15) is 0 Å². The molecule has 1 aliphatic heterocycles. The van der Waals surface area contributed by atoms with Crippen LogP contribution in [0.5, 0.6) is 0 Å². The summed E-state index contributed by atoms with van der Waals surface area (Å²) in [5.74, 6) is 3.19. The summed E-state index contributed by atoms with van der Waals surface area (Å²) in [5, 5.41) is 1.66. The minimum atomic E-state index is 0.941. The molecule has 2 aliphatic rings. The summed E-state index contributed by atoms with van der Waals surface area (Å²) < 4.78 is 0. The fourth-order valence-electron chi connectivity index (χ4n) is 1.78. The predicted molar refractivity (Wildman–Crippen MR) is 46.1 cm³/mol. The van der Waals surface area contributed by atoms with Crippen LogP contribution in [-0.4, -0.2) is 0 Å². The zero-order valence-corrected chi connectivity index (χ0v) is 6.98. The molecule has 0 nitrogen and oxygen atoms in total. The summed E-state index contributed by atoms with van der Waals surface area (Å²) in [4.78, 5) is 0. The maximum Gasteiger partial charge on any atom is -0.0151 e. The third-order valence-electron chi connectivity index (χ3n) is 2.35. The molecule has 0 aromatic carbocycles. The van der Waals surface area contributed by atoms with E-state index in [0.717, 1.165) is 5.92 Å². The molecule has 53 valence electrons. The van der Waals surface area contributed by atoms with Gasteiger partial charge in [0.2, 0.25) is 0 Å². The highest BCUT2D eigenvalue weighted by Gasteiger charge is 2.19. The van der Waals surface area contributed by atoms with Crippen LogP contribution in [0.2, 0.25) is 0 Å². The highest BCUT2D eigenvalue weighted by atomic mass is 31.1. The predicted octanol–water partition coefficient (Wildman–Crippen LogP) is 3.53. The second-order valence-corrected chi connectivity index (χ2v) is 4.12. The van der Waals surface area contributed by atoms with Gasteiger partial charge in [-0.25, -0.2) is 0 Å². The molecule has 1 aliphatic carbocycles. The Morgan fingerprint density at radius 2 is 2.10 bits per heavy atom. The van der Waals surface area contributed by atoms with E-state index in [0.29, 0.717) is 0 Å². The molecule has 0 aromatic rings. The molecule has 0 N–H and O–H groups in total. The molecule has 1 heteroatoms. The number of hydrogen-bond acceptors (Lipinski definition) is 0. The summed E-state index contributed by atoms with van der Waals surface area (Å²) in [6.45, 7) is 0. The molecule has 0 atom stereocenters. The van der Waals surface area contributed by atoms with Crippen LogP contribution in [0, 0.1) is 5.92 Å². The Labute approximate surface area is 64.2 Å². The van der Waals surface area contributed by atoms with Crippen molar-refractivity contribution in [3.05, 3.63) is 23.3 Å². The Bertz CT molecular complexity index is 173. The van der Waals surface area contributed by atoms with E-state index >= 15 is 0 Å². The molecule has 1 radical (unpaired) electrons. The highest BCUT2D eigenvalue weighted by Crippen LogP contribution is 2.43. The van der Waals surface area contributed by atoms with E-state index in [1.165, 1.54) is 34.3 Å². The Hall–Kier alpha value is -0.0900. The molecule has 0 bridgehead atoms. The van der Waals surface area contributed by atoms with Crippen LogP contribution in [-0.2, 0) is 0 Å². The van der Waals surface area contributed by atoms with Crippen LogP contribution in [0.25, 0.3) is 0 Å². The minimum Gasteiger partial charge on any atom is -0.0608 e. The van der Waals surface area contributed by atoms with Crippen molar-refractivity contribution >= 4 is 8.58 Å². The monoisotopic (exact) mass is 151 g/mol. The van der Waals surface area contributed by atoms with Crippen LogP contribution in [0.1, 0.15) is 25.7 Å². The maximum absolute atomic E-state index is 2.30. The fourth-order valence-corrected chi connectivity index (χ4v) is 2.76. The lowest BCUT2D eigenvalue weighted by atomic mass is 10.1. The molecule has 1 saturated carbocycles. The van der Waals surface area contributed by atoms with Gasteiger partial charge in [-0.15, -0.1) is 0 Å². The maximum atomic E-state index is 2.30. The van der Waals surface area contributed by atoms with Gasteiger partial charge in [-0.1, -0.05) is 30.8 Å². The van der Waals surface area contributed by atoms with Crippen molar-refractivity contribution in [3.8, 4) is 0 Å². The third kappa shape index (κ3) is 1.18. The highest BCUT2D eigenvalue weighted by molar-refractivity contribution is 7.47. The van der Waals surface area contributed by atoms with E-state index in [9.17, 15) is 0 Å². The van der Waals surface area contributed by atoms with Gasteiger partial charge < -0.3 is 0 Å². The Kier molecular flexibility index (Phi) is 1.90. The lowest BCUT2D eigenvalue weighted by Crippen LogP contribution is -1.90. The van der Waals surface area contributed by atoms with Gasteiger partial charge in [0.25, 0.3) is 0 Å². The first-order valence-electron chi connectivity index (χ1n) is 4.04. The van der Waals surface area contributed by atoms with E-state index in [1.54, 1.807) is 5.31 Å². The van der Waals surface area contributed by atoms with Gasteiger partial charge in [0, 0.05) is 0 Å². The molecule has 1 heterocycles. The fraction of sp³-hybridized carbons (Fsp3) is 0.556. The summed E-state index contributed by atoms with van der Waals surface area (Å²) in [6.07, 6.45) is 10.3. The van der Waals surface area contributed by atoms with E-state index in [4.69, 9.17) is 0 Å². The molecule has 0 amide bonds. The molecule has 0 spiro atoms. The Morgan fingerprint density at radius 3 is 2.70 bits per heavy atom. The van der Waals surface area contributed by atoms with Crippen molar-refractivity contribution in [3.63, 3.8) is 0 Å². The van der Waals surface area contributed by atoms with Crippen molar-refractivity contribution in [2.75, 3.05) is 0 Å². The van der Waals surface area contributed by atoms with Gasteiger partial charge in [0.05, 0.1) is 0 Å². The third-order valence-corrected chi connectivity index (χ3v) is 3.48. The topological polar surface area (TPSA) is 0 Å². The first kappa shape index (κ1) is 6.61. The Morgan fingerprint density at radius 1 is 1.30 bits per heavy atom. The molecule has 0 saturated heterocycles. The van der Waals surface area contributed by atoms with Crippen molar-refractivity contribution in [1.29, 1.82) is 0 Å². The first-order valence-corrected chi connectivity index (χ1v) is 5.01. The largest absolute Gasteiger partial charge is 0.0608 e. The lowest BCUT2D eigenvalue weighted by molar-refractivity contribution is 0.675. The summed E-state index contributed by atoms with van der Waals surface area (Å²) in [5.41, 5.74) is 0. The van der Waals surface area contributed by atoms with Crippen molar-refractivity contribution in [1.82, 2.24) is 0 Å². The van der Waals surface area contributed by atoms with Crippen molar-refractivity contribution in [2.45, 2.75) is 25.7 Å². The molecule has 0 unspecified atom stereocenters. The number of hydrogen-bond donors (Lipinski definition) is 0. The second-order valence-electron chi connectivity index (χ2n) is 3.04. The van der Waals surface area contributed by atoms with E-state index in [2.05, 4.69) is 18.0 Å². The summed E-state index contributed by atoms with van der Waals surface area (Å²) in [7, 11) is 1.47. The van der Waals surface area contributed by atoms with E-state index < -0.39 is 0 Å². The van der Waals surface area contributed by atoms with Crippen LogP contribution in [0.15, 0.2) is 23.3 Å². The molecule has 10 heavy (non-hydrogen) atoms. The zero-order chi connectivity index (χ0) is 6.81. The average Bonchev–Trinajstić information content (AvgIpc) is 2.59. The quantitative estimate of drug-likeness (QED) is 0.503. The molecule has 0 aromatic heterocycles. The number of allylic oxidation sites excluding steroid dienone is 3. The molecular formula is C9H12P. The summed E-state index contributed by atoms with van der Waals surface area (Å²) >= 11 is 0. The Balaban J connectivity index is 1.99. The van der Waals surface area contributed by atoms with Crippen molar-refractivity contribution in [2.24, 2.45) is 5.92 Å². The standard InChI is InChI=1S/C9H12P/c1-2-5-8(4-1)9-6-3-7-10-9/h3,6-8H,1-2,4-5H2. The van der Waals surface area contributed by atoms with Gasteiger partial charge >= 0.3 is 0 Å². The normalized spacial score (nSPS) is 28.2. The summed E-state index contributed by atoms with van der Waals surface area (Å²) in [6, 6.07) is 0. The van der Waals surface area contributed by atoms with Crippen LogP contribution >= 0.6 is 8.58 Å². The van der Waals surface area contributed by atoms with Crippen molar-refractivity contribution < 1.29 is 0 Å². The first-order chi connectivity index (χ1) is 4.97. The van der Waals surface area contributed by atoms with Crippen LogP contribution < -0.4 is 0 Å². The van der Waals surface area contributed by atoms with Gasteiger partial charge in [-0.3, -0.25) is 0 Å². The van der Waals surface area contributed by atoms with Crippen LogP contribution in [0.4, 0.5) is 0 Å². The van der Waals surface area contributed by atoms with Gasteiger partial charge in [-0.05, 0) is 32.7 Å². The van der Waals surface area contributed by atoms with Gasteiger partial charge in [0.1, 0.15) is 0 Å². The molecule has 2 rings (SSSR count). The minimum absolute atomic E-state index is 0.941. The molecular weight excluding hydrogens is 139 g/mol. The van der Waals surface area contributed by atoms with Crippen LogP contribution in [0.3, 0.4) is 0 Å². The average molecular weight is 151 g/mol. The lowest BCUT2D eigenvalue weighted by Gasteiger charge is -2.07.